The third-order valence-corrected chi connectivity index (χ3v) is 4.36. The molecule has 0 spiro atoms. The maximum atomic E-state index is 12.4. The van der Waals surface area contributed by atoms with Gasteiger partial charge in [-0.2, -0.15) is 0 Å². The van der Waals surface area contributed by atoms with Gasteiger partial charge < -0.3 is 19.4 Å². The molecule has 0 fully saturated rings. The van der Waals surface area contributed by atoms with E-state index in [2.05, 4.69) is 15.3 Å². The van der Waals surface area contributed by atoms with Crippen molar-refractivity contribution in [3.63, 3.8) is 0 Å². The topological polar surface area (TPSA) is 96.2 Å². The van der Waals surface area contributed by atoms with Gasteiger partial charge in [-0.05, 0) is 56.5 Å². The number of rotatable bonds is 5. The Hall–Kier alpha value is -3.22. The minimum Gasteiger partial charge on any atom is -0.469 e. The van der Waals surface area contributed by atoms with Crippen LogP contribution in [0.1, 0.15) is 37.8 Å². The molecular weight excluding hydrogens is 358 g/mol. The van der Waals surface area contributed by atoms with Crippen molar-refractivity contribution in [1.29, 1.82) is 0 Å². The van der Waals surface area contributed by atoms with E-state index in [-0.39, 0.29) is 5.97 Å². The largest absolute Gasteiger partial charge is 0.469 e. The molecule has 0 aliphatic rings. The van der Waals surface area contributed by atoms with E-state index < -0.39 is 17.6 Å². The van der Waals surface area contributed by atoms with Crippen LogP contribution in [-0.4, -0.2) is 34.7 Å². The van der Waals surface area contributed by atoms with Gasteiger partial charge in [0.25, 0.3) is 0 Å². The highest BCUT2D eigenvalue weighted by Crippen LogP contribution is 2.31. The molecule has 2 aromatic heterocycles. The molecule has 7 heteroatoms. The first-order chi connectivity index (χ1) is 13.3. The van der Waals surface area contributed by atoms with E-state index in [9.17, 15) is 9.59 Å². The lowest BCUT2D eigenvalue weighted by molar-refractivity contribution is -0.142. The summed E-state index contributed by atoms with van der Waals surface area (Å²) in [5.74, 6) is -0.767. The summed E-state index contributed by atoms with van der Waals surface area (Å²) in [7, 11) is 1.38. The number of H-pyrrole nitrogens is 2. The summed E-state index contributed by atoms with van der Waals surface area (Å²) in [6.07, 6.45) is 5.32. The predicted molar refractivity (Wildman–Crippen MR) is 107 cm³/mol. The zero-order valence-corrected chi connectivity index (χ0v) is 16.5. The first-order valence-corrected chi connectivity index (χ1v) is 9.08. The Bertz CT molecular complexity index is 967. The average Bonchev–Trinajstić information content (AvgIpc) is 3.27. The Kier molecular flexibility index (Phi) is 5.44. The lowest BCUT2D eigenvalue weighted by Crippen LogP contribution is -2.27. The van der Waals surface area contributed by atoms with Gasteiger partial charge >= 0.3 is 12.1 Å². The number of aromatic amines is 2. The summed E-state index contributed by atoms with van der Waals surface area (Å²) < 4.78 is 10.4. The van der Waals surface area contributed by atoms with Crippen molar-refractivity contribution in [1.82, 2.24) is 9.97 Å². The molecular formula is C21H25N3O4. The van der Waals surface area contributed by atoms with Crippen LogP contribution in [0.15, 0.2) is 42.9 Å². The van der Waals surface area contributed by atoms with E-state index in [1.54, 1.807) is 12.4 Å². The summed E-state index contributed by atoms with van der Waals surface area (Å²) in [6, 6.07) is 7.44. The van der Waals surface area contributed by atoms with Gasteiger partial charge in [-0.1, -0.05) is 6.07 Å². The van der Waals surface area contributed by atoms with Crippen LogP contribution in [-0.2, 0) is 20.7 Å². The van der Waals surface area contributed by atoms with Crippen molar-refractivity contribution >= 4 is 28.7 Å². The monoisotopic (exact) mass is 383 g/mol. The molecule has 3 N–H and O–H groups in total. The minimum atomic E-state index is -0.594. The molecule has 7 nitrogen and oxygen atoms in total. The number of ether oxygens (including phenoxy) is 2. The normalized spacial score (nSPS) is 12.6. The number of amides is 1. The van der Waals surface area contributed by atoms with Gasteiger partial charge in [0.2, 0.25) is 0 Å². The van der Waals surface area contributed by atoms with Gasteiger partial charge in [0.15, 0.2) is 0 Å². The number of hydrogen-bond donors (Lipinski definition) is 3. The van der Waals surface area contributed by atoms with Crippen LogP contribution in [0, 0.1) is 0 Å². The quantitative estimate of drug-likeness (QED) is 0.571. The molecule has 1 unspecified atom stereocenters. The molecule has 0 radical (unpaired) electrons. The van der Waals surface area contributed by atoms with E-state index in [1.165, 1.54) is 7.11 Å². The fraction of sp³-hybridized carbons (Fsp3) is 0.333. The predicted octanol–water partition coefficient (Wildman–Crippen LogP) is 4.34. The smallest absolute Gasteiger partial charge is 0.412 e. The van der Waals surface area contributed by atoms with Gasteiger partial charge in [-0.3, -0.25) is 10.1 Å². The van der Waals surface area contributed by atoms with E-state index >= 15 is 0 Å². The number of hydrogen-bond acceptors (Lipinski definition) is 4. The molecule has 1 atom stereocenters. The minimum absolute atomic E-state index is 0.313. The molecule has 0 aliphatic heterocycles. The molecule has 148 valence electrons. The number of methoxy groups -OCH3 is 1. The highest BCUT2D eigenvalue weighted by atomic mass is 16.6. The van der Waals surface area contributed by atoms with Crippen molar-refractivity contribution in [2.45, 2.75) is 38.7 Å². The van der Waals surface area contributed by atoms with Crippen LogP contribution in [0.3, 0.4) is 0 Å². The van der Waals surface area contributed by atoms with Crippen molar-refractivity contribution in [3.05, 3.63) is 54.0 Å². The first-order valence-electron chi connectivity index (χ1n) is 9.08. The molecule has 3 rings (SSSR count). The molecule has 0 saturated carbocycles. The molecule has 0 saturated heterocycles. The molecule has 0 bridgehead atoms. The van der Waals surface area contributed by atoms with E-state index in [0.29, 0.717) is 12.1 Å². The third-order valence-electron chi connectivity index (χ3n) is 4.36. The van der Waals surface area contributed by atoms with Gasteiger partial charge in [0, 0.05) is 29.5 Å². The van der Waals surface area contributed by atoms with Gasteiger partial charge in [-0.15, -0.1) is 0 Å². The molecule has 0 aliphatic carbocycles. The number of benzene rings is 1. The Morgan fingerprint density at radius 1 is 1.18 bits per heavy atom. The van der Waals surface area contributed by atoms with E-state index in [1.807, 2.05) is 51.2 Å². The maximum Gasteiger partial charge on any atom is 0.412 e. The van der Waals surface area contributed by atoms with Gasteiger partial charge in [0.1, 0.15) is 5.60 Å². The van der Waals surface area contributed by atoms with Crippen molar-refractivity contribution in [2.75, 3.05) is 12.4 Å². The second kappa shape index (κ2) is 7.80. The first kappa shape index (κ1) is 19.5. The third kappa shape index (κ3) is 4.36. The summed E-state index contributed by atoms with van der Waals surface area (Å²) >= 11 is 0. The number of esters is 1. The molecule has 2 heterocycles. The summed E-state index contributed by atoms with van der Waals surface area (Å²) in [5.41, 5.74) is 2.64. The van der Waals surface area contributed by atoms with Crippen molar-refractivity contribution < 1.29 is 19.1 Å². The maximum absolute atomic E-state index is 12.4. The number of carbonyl (C=O) groups excluding carboxylic acids is 2. The summed E-state index contributed by atoms with van der Waals surface area (Å²) in [6.45, 7) is 5.44. The highest BCUT2D eigenvalue weighted by molar-refractivity contribution is 6.01. The zero-order valence-electron chi connectivity index (χ0n) is 16.5. The SMILES string of the molecule is COC(=O)C(Cc1c[nH]c2cccc(NC(=O)OC(C)(C)C)c12)c1cc[nH]c1. The van der Waals surface area contributed by atoms with Crippen molar-refractivity contribution in [3.8, 4) is 0 Å². The highest BCUT2D eigenvalue weighted by Gasteiger charge is 2.25. The fourth-order valence-corrected chi connectivity index (χ4v) is 3.19. The lowest BCUT2D eigenvalue weighted by atomic mass is 9.93. The van der Waals surface area contributed by atoms with E-state index in [4.69, 9.17) is 9.47 Å². The average molecular weight is 383 g/mol. The molecule has 1 amide bonds. The lowest BCUT2D eigenvalue weighted by Gasteiger charge is -2.20. The van der Waals surface area contributed by atoms with Crippen LogP contribution < -0.4 is 5.32 Å². The zero-order chi connectivity index (χ0) is 20.3. The van der Waals surface area contributed by atoms with Gasteiger partial charge in [0.05, 0.1) is 18.7 Å². The van der Waals surface area contributed by atoms with E-state index in [0.717, 1.165) is 22.0 Å². The number of aromatic nitrogens is 2. The van der Waals surface area contributed by atoms with Crippen LogP contribution >= 0.6 is 0 Å². The summed E-state index contributed by atoms with van der Waals surface area (Å²) in [4.78, 5) is 30.8. The van der Waals surface area contributed by atoms with Crippen LogP contribution in [0.25, 0.3) is 10.9 Å². The molecule has 28 heavy (non-hydrogen) atoms. The molecule has 1 aromatic carbocycles. The van der Waals surface area contributed by atoms with Crippen LogP contribution in [0.2, 0.25) is 0 Å². The second-order valence-corrected chi connectivity index (χ2v) is 7.59. The second-order valence-electron chi connectivity index (χ2n) is 7.59. The Balaban J connectivity index is 1.94. The number of fused-ring (bicyclic) bond motifs is 1. The Morgan fingerprint density at radius 3 is 2.61 bits per heavy atom. The fourth-order valence-electron chi connectivity index (χ4n) is 3.19. The van der Waals surface area contributed by atoms with Crippen molar-refractivity contribution in [2.24, 2.45) is 0 Å². The summed E-state index contributed by atoms with van der Waals surface area (Å²) in [5, 5.41) is 3.66. The van der Waals surface area contributed by atoms with Gasteiger partial charge in [-0.25, -0.2) is 4.79 Å². The standard InChI is InChI=1S/C21H25N3O4/c1-21(2,3)28-20(26)24-17-7-5-6-16-18(17)14(12-23-16)10-15(19(25)27-4)13-8-9-22-11-13/h5-9,11-12,15,22-23H,10H2,1-4H3,(H,24,26). The molecule has 3 aromatic rings. The Labute approximate surface area is 163 Å². The Morgan fingerprint density at radius 2 is 1.96 bits per heavy atom. The number of carbonyl (C=O) groups is 2. The van der Waals surface area contributed by atoms with Crippen LogP contribution in [0.5, 0.6) is 0 Å². The number of nitrogens with one attached hydrogen (secondary N) is 3. The number of anilines is 1. The van der Waals surface area contributed by atoms with Crippen LogP contribution in [0.4, 0.5) is 10.5 Å².